The molecule has 3 rings (SSSR count). The van der Waals surface area contributed by atoms with Crippen molar-refractivity contribution in [3.8, 4) is 5.75 Å². The molecule has 1 saturated carbocycles. The minimum atomic E-state index is 0.557. The van der Waals surface area contributed by atoms with E-state index in [0.29, 0.717) is 11.8 Å². The van der Waals surface area contributed by atoms with E-state index < -0.39 is 0 Å². The van der Waals surface area contributed by atoms with Gasteiger partial charge in [0.05, 0.1) is 7.11 Å². The summed E-state index contributed by atoms with van der Waals surface area (Å²) < 4.78 is 5.46. The molecule has 2 aromatic carbocycles. The lowest BCUT2D eigenvalue weighted by Gasteiger charge is -2.35. The number of methoxy groups -OCH3 is 1. The Balaban J connectivity index is 1.86. The molecule has 2 nitrogen and oxygen atoms in total. The van der Waals surface area contributed by atoms with E-state index in [1.54, 1.807) is 12.7 Å². The lowest BCUT2D eigenvalue weighted by atomic mass is 9.73. The van der Waals surface area contributed by atoms with E-state index in [1.165, 1.54) is 24.0 Å². The topological polar surface area (TPSA) is 12.5 Å². The van der Waals surface area contributed by atoms with Gasteiger partial charge in [-0.05, 0) is 68.5 Å². The molecular formula is C23H29NO. The Kier molecular flexibility index (Phi) is 5.93. The number of benzene rings is 2. The Bertz CT molecular complexity index is 705. The third-order valence-corrected chi connectivity index (χ3v) is 5.18. The molecule has 0 aliphatic heterocycles. The van der Waals surface area contributed by atoms with Gasteiger partial charge in [0.1, 0.15) is 5.75 Å². The highest BCUT2D eigenvalue weighted by atomic mass is 16.5. The third-order valence-electron chi connectivity index (χ3n) is 5.18. The van der Waals surface area contributed by atoms with Crippen LogP contribution in [0.1, 0.15) is 36.3 Å². The zero-order valence-corrected chi connectivity index (χ0v) is 15.6. The molecule has 2 atom stereocenters. The molecule has 0 N–H and O–H groups in total. The van der Waals surface area contributed by atoms with Crippen molar-refractivity contribution in [2.24, 2.45) is 5.92 Å². The number of ether oxygens (including phenoxy) is 1. The van der Waals surface area contributed by atoms with Crippen LogP contribution in [0.25, 0.3) is 6.08 Å². The van der Waals surface area contributed by atoms with E-state index in [9.17, 15) is 0 Å². The second kappa shape index (κ2) is 8.35. The molecule has 0 saturated heterocycles. The fraction of sp³-hybridized carbons (Fsp3) is 0.391. The molecule has 2 heteroatoms. The van der Waals surface area contributed by atoms with E-state index in [4.69, 9.17) is 4.74 Å². The first-order chi connectivity index (χ1) is 12.2. The second-order valence-corrected chi connectivity index (χ2v) is 7.36. The van der Waals surface area contributed by atoms with Crippen molar-refractivity contribution in [2.45, 2.75) is 25.2 Å². The lowest BCUT2D eigenvalue weighted by molar-refractivity contribution is 0.256. The van der Waals surface area contributed by atoms with Gasteiger partial charge >= 0.3 is 0 Å². The maximum atomic E-state index is 5.46. The lowest BCUT2D eigenvalue weighted by Crippen LogP contribution is -2.29. The Morgan fingerprint density at radius 2 is 1.88 bits per heavy atom. The predicted octanol–water partition coefficient (Wildman–Crippen LogP) is 5.22. The van der Waals surface area contributed by atoms with E-state index in [1.807, 2.05) is 6.07 Å². The first-order valence-electron chi connectivity index (χ1n) is 9.19. The molecule has 25 heavy (non-hydrogen) atoms. The quantitative estimate of drug-likeness (QED) is 0.742. The normalized spacial score (nSPS) is 22.3. The van der Waals surface area contributed by atoms with Gasteiger partial charge in [0, 0.05) is 6.54 Å². The molecule has 0 spiro atoms. The fourth-order valence-corrected chi connectivity index (χ4v) is 3.99. The number of nitrogens with zero attached hydrogens (tertiary/aromatic N) is 1. The molecule has 2 aromatic rings. The minimum Gasteiger partial charge on any atom is -0.497 e. The predicted molar refractivity (Wildman–Crippen MR) is 106 cm³/mol. The number of allylic oxidation sites excluding steroid dienone is 1. The Morgan fingerprint density at radius 3 is 2.60 bits per heavy atom. The van der Waals surface area contributed by atoms with Gasteiger partial charge in [-0.15, -0.1) is 0 Å². The van der Waals surface area contributed by atoms with E-state index >= 15 is 0 Å². The van der Waals surface area contributed by atoms with Crippen molar-refractivity contribution in [1.29, 1.82) is 0 Å². The van der Waals surface area contributed by atoms with Crippen LogP contribution in [0.2, 0.25) is 0 Å². The van der Waals surface area contributed by atoms with Gasteiger partial charge in [-0.1, -0.05) is 54.1 Å². The van der Waals surface area contributed by atoms with E-state index in [-0.39, 0.29) is 0 Å². The number of hydrogen-bond acceptors (Lipinski definition) is 2. The zero-order valence-electron chi connectivity index (χ0n) is 15.6. The summed E-state index contributed by atoms with van der Waals surface area (Å²) in [6.45, 7) is 1.14. The van der Waals surface area contributed by atoms with Crippen molar-refractivity contribution < 1.29 is 4.74 Å². The van der Waals surface area contributed by atoms with Crippen molar-refractivity contribution >= 4 is 6.08 Å². The standard InChI is InChI=1S/C23H29NO/c1-24(2)17-21-13-12-19(14-18-8-5-4-6-9-18)15-23(21)20-10-7-11-22(16-20)25-3/h4-11,14,16,21,23H,12-13,15,17H2,1-3H3/b19-14+/t21-,23?/m0/s1. The SMILES string of the molecule is COc1cccc(C2C/C(=C/c3ccccc3)CC[C@H]2CN(C)C)c1. The third kappa shape index (κ3) is 4.73. The molecule has 1 aliphatic rings. The van der Waals surface area contributed by atoms with Crippen LogP contribution in [-0.2, 0) is 0 Å². The van der Waals surface area contributed by atoms with Crippen LogP contribution in [-0.4, -0.2) is 32.6 Å². The van der Waals surface area contributed by atoms with Gasteiger partial charge in [-0.25, -0.2) is 0 Å². The highest BCUT2D eigenvalue weighted by Crippen LogP contribution is 2.42. The average molecular weight is 335 g/mol. The first kappa shape index (κ1) is 17.8. The average Bonchev–Trinajstić information content (AvgIpc) is 2.63. The Morgan fingerprint density at radius 1 is 1.08 bits per heavy atom. The summed E-state index contributed by atoms with van der Waals surface area (Å²) in [6, 6.07) is 19.3. The van der Waals surface area contributed by atoms with Crippen LogP contribution < -0.4 is 4.74 Å². The summed E-state index contributed by atoms with van der Waals surface area (Å²) >= 11 is 0. The Labute approximate surface area is 152 Å². The van der Waals surface area contributed by atoms with Crippen LogP contribution in [0.3, 0.4) is 0 Å². The zero-order chi connectivity index (χ0) is 17.6. The van der Waals surface area contributed by atoms with Crippen molar-refractivity contribution in [3.63, 3.8) is 0 Å². The van der Waals surface area contributed by atoms with Crippen LogP contribution in [0.4, 0.5) is 0 Å². The molecular weight excluding hydrogens is 306 g/mol. The van der Waals surface area contributed by atoms with Crippen LogP contribution in [0.15, 0.2) is 60.2 Å². The van der Waals surface area contributed by atoms with E-state index in [0.717, 1.165) is 18.7 Å². The van der Waals surface area contributed by atoms with Crippen molar-refractivity contribution in [3.05, 3.63) is 71.3 Å². The van der Waals surface area contributed by atoms with Gasteiger partial charge in [0.15, 0.2) is 0 Å². The fourth-order valence-electron chi connectivity index (χ4n) is 3.99. The highest BCUT2D eigenvalue weighted by molar-refractivity contribution is 5.53. The van der Waals surface area contributed by atoms with Gasteiger partial charge in [-0.2, -0.15) is 0 Å². The molecule has 0 amide bonds. The molecule has 1 unspecified atom stereocenters. The van der Waals surface area contributed by atoms with Crippen LogP contribution in [0, 0.1) is 5.92 Å². The van der Waals surface area contributed by atoms with Gasteiger partial charge < -0.3 is 9.64 Å². The smallest absolute Gasteiger partial charge is 0.119 e. The first-order valence-corrected chi connectivity index (χ1v) is 9.19. The van der Waals surface area contributed by atoms with E-state index in [2.05, 4.69) is 73.6 Å². The summed E-state index contributed by atoms with van der Waals surface area (Å²) in [5, 5.41) is 0. The highest BCUT2D eigenvalue weighted by Gasteiger charge is 2.29. The van der Waals surface area contributed by atoms with Crippen LogP contribution in [0.5, 0.6) is 5.75 Å². The maximum Gasteiger partial charge on any atom is 0.119 e. The molecule has 0 aromatic heterocycles. The second-order valence-electron chi connectivity index (χ2n) is 7.36. The minimum absolute atomic E-state index is 0.557. The summed E-state index contributed by atoms with van der Waals surface area (Å²) in [6.07, 6.45) is 5.98. The largest absolute Gasteiger partial charge is 0.497 e. The van der Waals surface area contributed by atoms with Gasteiger partial charge in [0.25, 0.3) is 0 Å². The van der Waals surface area contributed by atoms with Crippen molar-refractivity contribution in [1.82, 2.24) is 4.90 Å². The van der Waals surface area contributed by atoms with Gasteiger partial charge in [-0.3, -0.25) is 0 Å². The summed E-state index contributed by atoms with van der Waals surface area (Å²) in [7, 11) is 6.11. The van der Waals surface area contributed by atoms with Crippen molar-refractivity contribution in [2.75, 3.05) is 27.7 Å². The summed E-state index contributed by atoms with van der Waals surface area (Å²) in [4.78, 5) is 2.32. The van der Waals surface area contributed by atoms with Crippen LogP contribution >= 0.6 is 0 Å². The summed E-state index contributed by atoms with van der Waals surface area (Å²) in [5.74, 6) is 2.21. The number of rotatable bonds is 5. The molecule has 0 bridgehead atoms. The Hall–Kier alpha value is -2.06. The monoisotopic (exact) mass is 335 g/mol. The molecule has 1 aliphatic carbocycles. The molecule has 0 heterocycles. The molecule has 1 fully saturated rings. The maximum absolute atomic E-state index is 5.46. The van der Waals surface area contributed by atoms with Gasteiger partial charge in [0.2, 0.25) is 0 Å². The molecule has 0 radical (unpaired) electrons. The number of hydrogen-bond donors (Lipinski definition) is 0. The summed E-state index contributed by atoms with van der Waals surface area (Å²) in [5.41, 5.74) is 4.28. The molecule has 132 valence electrons.